The van der Waals surface area contributed by atoms with Gasteiger partial charge < -0.3 is 24.1 Å². The van der Waals surface area contributed by atoms with Gasteiger partial charge in [0.15, 0.2) is 5.82 Å². The summed E-state index contributed by atoms with van der Waals surface area (Å²) in [5.74, 6) is 1.88. The van der Waals surface area contributed by atoms with E-state index in [2.05, 4.69) is 27.0 Å². The molecule has 4 aliphatic heterocycles. The van der Waals surface area contributed by atoms with Gasteiger partial charge in [-0.05, 0) is 63.0 Å². The van der Waals surface area contributed by atoms with Crippen LogP contribution in [0.3, 0.4) is 0 Å². The maximum atomic E-state index is 12.8. The van der Waals surface area contributed by atoms with E-state index in [1.165, 1.54) is 12.8 Å². The number of fused-ring (bicyclic) bond motifs is 3. The van der Waals surface area contributed by atoms with E-state index in [1.807, 2.05) is 0 Å². The molecule has 1 N–H and O–H groups in total. The highest BCUT2D eigenvalue weighted by atomic mass is 16.6. The molecule has 5 heterocycles. The molecule has 2 atom stereocenters. The van der Waals surface area contributed by atoms with Crippen molar-refractivity contribution in [1.82, 2.24) is 15.2 Å². The summed E-state index contributed by atoms with van der Waals surface area (Å²) in [6.45, 7) is 7.46. The molecule has 0 saturated carbocycles. The van der Waals surface area contributed by atoms with E-state index in [0.29, 0.717) is 36.5 Å². The zero-order valence-electron chi connectivity index (χ0n) is 17.3. The molecule has 2 bridgehead atoms. The van der Waals surface area contributed by atoms with E-state index >= 15 is 0 Å². The van der Waals surface area contributed by atoms with Gasteiger partial charge in [-0.1, -0.05) is 0 Å². The number of carbonyl (C=O) groups is 1. The fraction of sp³-hybridized carbons (Fsp3) is 0.545. The second kappa shape index (κ2) is 8.28. The lowest BCUT2D eigenvalue weighted by Gasteiger charge is -2.49. The predicted molar refractivity (Wildman–Crippen MR) is 111 cm³/mol. The van der Waals surface area contributed by atoms with Crippen molar-refractivity contribution in [1.29, 1.82) is 0 Å². The molecule has 1 amide bonds. The first kappa shape index (κ1) is 19.4. The van der Waals surface area contributed by atoms with Crippen molar-refractivity contribution in [2.75, 3.05) is 44.3 Å². The lowest BCUT2D eigenvalue weighted by molar-refractivity contribution is 0.0217. The number of nitrogens with zero attached hydrogens (tertiary/aromatic N) is 3. The van der Waals surface area contributed by atoms with Crippen molar-refractivity contribution in [3.8, 4) is 11.8 Å². The Labute approximate surface area is 176 Å². The Balaban J connectivity index is 1.19. The Morgan fingerprint density at radius 1 is 1.13 bits per heavy atom. The largest absolute Gasteiger partial charge is 0.415 e. The summed E-state index contributed by atoms with van der Waals surface area (Å²) in [6, 6.07) is 7.73. The first-order valence-electron chi connectivity index (χ1n) is 10.8. The second-order valence-electron chi connectivity index (χ2n) is 8.31. The molecule has 8 heteroatoms. The standard InChI is InChI=1S/C22H28N4O4/c1-15-20(16-6-8-25(15)9-7-16)24-21(27)17-2-4-18(5-3-17)30-22-23-19(14-29-22)26-10-12-28-13-11-26/h2-5,14-16,20H,6-13H2,1H3,(H,24,27)/t15-,20+/m1/s1. The first-order chi connectivity index (χ1) is 14.7. The average Bonchev–Trinajstić information content (AvgIpc) is 3.26. The predicted octanol–water partition coefficient (Wildman–Crippen LogP) is 2.52. The minimum Gasteiger partial charge on any atom is -0.415 e. The maximum absolute atomic E-state index is 12.8. The van der Waals surface area contributed by atoms with Crippen LogP contribution in [0.2, 0.25) is 0 Å². The fourth-order valence-electron chi connectivity index (χ4n) is 4.79. The third-order valence-electron chi connectivity index (χ3n) is 6.60. The number of nitrogens with one attached hydrogen (secondary N) is 1. The smallest absolute Gasteiger partial charge is 0.401 e. The van der Waals surface area contributed by atoms with E-state index in [1.54, 1.807) is 30.5 Å². The van der Waals surface area contributed by atoms with E-state index in [0.717, 1.165) is 32.0 Å². The molecule has 6 rings (SSSR count). The van der Waals surface area contributed by atoms with Gasteiger partial charge >= 0.3 is 6.08 Å². The summed E-state index contributed by atoms with van der Waals surface area (Å²) in [4.78, 5) is 21.7. The van der Waals surface area contributed by atoms with Gasteiger partial charge in [-0.2, -0.15) is 4.98 Å². The van der Waals surface area contributed by atoms with Crippen LogP contribution in [0.4, 0.5) is 5.82 Å². The number of anilines is 1. The Morgan fingerprint density at radius 2 is 1.87 bits per heavy atom. The summed E-state index contributed by atoms with van der Waals surface area (Å²) in [7, 11) is 0. The van der Waals surface area contributed by atoms with Crippen LogP contribution in [0.25, 0.3) is 0 Å². The van der Waals surface area contributed by atoms with Crippen LogP contribution in [-0.2, 0) is 4.74 Å². The molecule has 0 radical (unpaired) electrons. The zero-order chi connectivity index (χ0) is 20.5. The van der Waals surface area contributed by atoms with Crippen LogP contribution in [0.15, 0.2) is 34.9 Å². The summed E-state index contributed by atoms with van der Waals surface area (Å²) < 4.78 is 16.5. The highest BCUT2D eigenvalue weighted by Crippen LogP contribution is 2.32. The normalized spacial score (nSPS) is 28.4. The number of carbonyl (C=O) groups excluding carboxylic acids is 1. The number of ether oxygens (including phenoxy) is 2. The summed E-state index contributed by atoms with van der Waals surface area (Å²) in [5, 5.41) is 3.26. The Kier molecular flexibility index (Phi) is 5.35. The molecule has 30 heavy (non-hydrogen) atoms. The molecule has 0 aliphatic carbocycles. The first-order valence-corrected chi connectivity index (χ1v) is 10.8. The molecular formula is C22H28N4O4. The van der Waals surface area contributed by atoms with Crippen molar-refractivity contribution in [2.24, 2.45) is 5.92 Å². The third-order valence-corrected chi connectivity index (χ3v) is 6.60. The van der Waals surface area contributed by atoms with Gasteiger partial charge in [0.2, 0.25) is 0 Å². The van der Waals surface area contributed by atoms with Gasteiger partial charge in [0.1, 0.15) is 12.0 Å². The fourth-order valence-corrected chi connectivity index (χ4v) is 4.79. The van der Waals surface area contributed by atoms with E-state index in [-0.39, 0.29) is 18.0 Å². The Morgan fingerprint density at radius 3 is 2.57 bits per heavy atom. The minimum absolute atomic E-state index is 0.0297. The van der Waals surface area contributed by atoms with Crippen molar-refractivity contribution in [3.63, 3.8) is 0 Å². The lowest BCUT2D eigenvalue weighted by Crippen LogP contribution is -2.62. The number of amides is 1. The SMILES string of the molecule is C[C@@H]1[C@H](NC(=O)c2ccc(Oc3nc(N4CCOCC4)co3)cc2)C2CCN1CC2. The average molecular weight is 412 g/mol. The van der Waals surface area contributed by atoms with Gasteiger partial charge in [-0.15, -0.1) is 0 Å². The van der Waals surface area contributed by atoms with E-state index in [9.17, 15) is 4.79 Å². The third kappa shape index (κ3) is 3.89. The van der Waals surface area contributed by atoms with Gasteiger partial charge in [0.05, 0.1) is 13.2 Å². The van der Waals surface area contributed by atoms with Gasteiger partial charge in [-0.3, -0.25) is 9.69 Å². The summed E-state index contributed by atoms with van der Waals surface area (Å²) in [6.07, 6.45) is 4.13. The van der Waals surface area contributed by atoms with E-state index < -0.39 is 0 Å². The van der Waals surface area contributed by atoms with Gasteiger partial charge in [0.25, 0.3) is 5.91 Å². The van der Waals surface area contributed by atoms with Crippen molar-refractivity contribution in [2.45, 2.75) is 31.8 Å². The monoisotopic (exact) mass is 412 g/mol. The summed E-state index contributed by atoms with van der Waals surface area (Å²) in [5.41, 5.74) is 0.632. The van der Waals surface area contributed by atoms with Gasteiger partial charge in [-0.25, -0.2) is 0 Å². The minimum atomic E-state index is -0.0297. The molecule has 160 valence electrons. The van der Waals surface area contributed by atoms with Crippen molar-refractivity contribution in [3.05, 3.63) is 36.1 Å². The molecule has 4 aliphatic rings. The number of hydrogen-bond acceptors (Lipinski definition) is 7. The van der Waals surface area contributed by atoms with Crippen LogP contribution in [0.1, 0.15) is 30.1 Å². The lowest BCUT2D eigenvalue weighted by atomic mass is 9.79. The Bertz CT molecular complexity index is 868. The number of hydrogen-bond donors (Lipinski definition) is 1. The molecule has 0 spiro atoms. The van der Waals surface area contributed by atoms with Crippen LogP contribution in [0.5, 0.6) is 11.8 Å². The number of rotatable bonds is 5. The molecular weight excluding hydrogens is 384 g/mol. The molecule has 4 saturated heterocycles. The second-order valence-corrected chi connectivity index (χ2v) is 8.31. The highest BCUT2D eigenvalue weighted by Gasteiger charge is 2.40. The van der Waals surface area contributed by atoms with Crippen LogP contribution >= 0.6 is 0 Å². The number of benzene rings is 1. The van der Waals surface area contributed by atoms with Crippen molar-refractivity contribution < 1.29 is 18.7 Å². The maximum Gasteiger partial charge on any atom is 0.401 e. The van der Waals surface area contributed by atoms with Crippen molar-refractivity contribution >= 4 is 11.7 Å². The molecule has 1 aromatic carbocycles. The van der Waals surface area contributed by atoms with E-state index in [4.69, 9.17) is 13.9 Å². The van der Waals surface area contributed by atoms with Crippen LogP contribution < -0.4 is 15.0 Å². The Hall–Kier alpha value is -2.58. The van der Waals surface area contributed by atoms with Gasteiger partial charge in [0, 0.05) is 30.7 Å². The number of oxazole rings is 1. The summed E-state index contributed by atoms with van der Waals surface area (Å²) >= 11 is 0. The molecule has 1 aromatic heterocycles. The van der Waals surface area contributed by atoms with Crippen LogP contribution in [-0.4, -0.2) is 67.3 Å². The quantitative estimate of drug-likeness (QED) is 0.808. The number of morpholine rings is 1. The topological polar surface area (TPSA) is 80.1 Å². The number of aromatic nitrogens is 1. The number of piperidine rings is 3. The molecule has 8 nitrogen and oxygen atoms in total. The highest BCUT2D eigenvalue weighted by molar-refractivity contribution is 5.94. The molecule has 2 aromatic rings. The molecule has 4 fully saturated rings. The zero-order valence-corrected chi connectivity index (χ0v) is 17.3. The molecule has 0 unspecified atom stereocenters. The van der Waals surface area contributed by atoms with Crippen LogP contribution in [0, 0.1) is 5.92 Å².